The second kappa shape index (κ2) is 5.03. The van der Waals surface area contributed by atoms with Gasteiger partial charge in [0.1, 0.15) is 5.54 Å². The normalized spacial score (nSPS) is 11.7. The molecule has 0 spiro atoms. The Morgan fingerprint density at radius 3 is 2.32 bits per heavy atom. The molecule has 0 fully saturated rings. The van der Waals surface area contributed by atoms with E-state index >= 15 is 0 Å². The van der Waals surface area contributed by atoms with Crippen molar-refractivity contribution in [2.45, 2.75) is 46.2 Å². The molecule has 1 aromatic rings. The van der Waals surface area contributed by atoms with E-state index in [1.54, 1.807) is 4.68 Å². The smallest absolute Gasteiger partial charge is 0.329 e. The first-order chi connectivity index (χ1) is 8.60. The van der Waals surface area contributed by atoms with Crippen molar-refractivity contribution in [3.8, 4) is 0 Å². The van der Waals surface area contributed by atoms with E-state index in [-0.39, 0.29) is 11.9 Å². The van der Waals surface area contributed by atoms with Crippen LogP contribution < -0.4 is 0 Å². The molecule has 0 saturated heterocycles. The number of carbonyl (C=O) groups excluding carboxylic acids is 1. The van der Waals surface area contributed by atoms with Crippen molar-refractivity contribution in [3.05, 3.63) is 17.5 Å². The third kappa shape index (κ3) is 2.62. The number of hydrogen-bond acceptors (Lipinski definition) is 3. The molecular formula is C13H21N3O3. The summed E-state index contributed by atoms with van der Waals surface area (Å²) in [5.74, 6) is -1.38. The lowest BCUT2D eigenvalue weighted by Crippen LogP contribution is -2.50. The zero-order valence-corrected chi connectivity index (χ0v) is 12.3. The average Bonchev–Trinajstić information content (AvgIpc) is 2.68. The number of nitrogens with zero attached hydrogens (tertiary/aromatic N) is 3. The van der Waals surface area contributed by atoms with Crippen LogP contribution in [-0.2, 0) is 4.79 Å². The standard InChI is InChI=1S/C13H21N3O3/c1-8(2)16-9(3)10(7-14-16)11(17)15(6)13(4,5)12(18)19/h7-8H,1-6H3,(H,18,19). The van der Waals surface area contributed by atoms with Gasteiger partial charge in [0.2, 0.25) is 0 Å². The third-order valence-corrected chi connectivity index (χ3v) is 3.43. The first-order valence-corrected chi connectivity index (χ1v) is 6.16. The van der Waals surface area contributed by atoms with Crippen molar-refractivity contribution in [1.82, 2.24) is 14.7 Å². The van der Waals surface area contributed by atoms with E-state index in [9.17, 15) is 9.59 Å². The molecule has 1 aromatic heterocycles. The summed E-state index contributed by atoms with van der Waals surface area (Å²) in [6.45, 7) is 8.74. The van der Waals surface area contributed by atoms with Crippen molar-refractivity contribution in [3.63, 3.8) is 0 Å². The molecule has 19 heavy (non-hydrogen) atoms. The molecular weight excluding hydrogens is 246 g/mol. The number of likely N-dealkylation sites (N-methyl/N-ethyl adjacent to an activating group) is 1. The minimum Gasteiger partial charge on any atom is -0.480 e. The molecule has 0 atom stereocenters. The predicted octanol–water partition coefficient (Wildman–Crippen LogP) is 1.71. The first-order valence-electron chi connectivity index (χ1n) is 6.16. The number of rotatable bonds is 4. The average molecular weight is 267 g/mol. The molecule has 1 N–H and O–H groups in total. The Morgan fingerprint density at radius 2 is 1.95 bits per heavy atom. The van der Waals surface area contributed by atoms with Crippen LogP contribution >= 0.6 is 0 Å². The number of aliphatic carboxylic acids is 1. The van der Waals surface area contributed by atoms with Gasteiger partial charge in [-0.25, -0.2) is 4.79 Å². The molecule has 0 unspecified atom stereocenters. The first kappa shape index (κ1) is 15.2. The van der Waals surface area contributed by atoms with Crippen molar-refractivity contribution < 1.29 is 14.7 Å². The van der Waals surface area contributed by atoms with Gasteiger partial charge >= 0.3 is 5.97 Å². The maximum atomic E-state index is 12.4. The summed E-state index contributed by atoms with van der Waals surface area (Å²) in [6.07, 6.45) is 1.49. The molecule has 0 aromatic carbocycles. The highest BCUT2D eigenvalue weighted by molar-refractivity contribution is 5.98. The minimum atomic E-state index is -1.26. The highest BCUT2D eigenvalue weighted by atomic mass is 16.4. The summed E-state index contributed by atoms with van der Waals surface area (Å²) in [6, 6.07) is 0.152. The Balaban J connectivity index is 3.11. The largest absolute Gasteiger partial charge is 0.480 e. The number of carboxylic acid groups (broad SMARTS) is 1. The molecule has 0 aliphatic carbocycles. The van der Waals surface area contributed by atoms with E-state index in [0.29, 0.717) is 5.56 Å². The molecule has 0 radical (unpaired) electrons. The number of aromatic nitrogens is 2. The fourth-order valence-electron chi connectivity index (χ4n) is 1.73. The lowest BCUT2D eigenvalue weighted by molar-refractivity contribution is -0.147. The van der Waals surface area contributed by atoms with E-state index in [0.717, 1.165) is 5.69 Å². The van der Waals surface area contributed by atoms with Gasteiger partial charge in [-0.15, -0.1) is 0 Å². The van der Waals surface area contributed by atoms with Gasteiger partial charge in [0.15, 0.2) is 0 Å². The van der Waals surface area contributed by atoms with Crippen molar-refractivity contribution in [2.24, 2.45) is 0 Å². The Kier molecular flexibility index (Phi) is 4.03. The topological polar surface area (TPSA) is 75.4 Å². The fraction of sp³-hybridized carbons (Fsp3) is 0.615. The van der Waals surface area contributed by atoms with E-state index in [1.165, 1.54) is 32.0 Å². The number of amides is 1. The van der Waals surface area contributed by atoms with E-state index in [2.05, 4.69) is 5.10 Å². The lowest BCUT2D eigenvalue weighted by atomic mass is 10.0. The molecule has 0 aliphatic heterocycles. The summed E-state index contributed by atoms with van der Waals surface area (Å²) in [5.41, 5.74) is -0.0812. The minimum absolute atomic E-state index is 0.152. The molecule has 1 heterocycles. The van der Waals surface area contributed by atoms with Crippen LogP contribution in [0.15, 0.2) is 6.20 Å². The number of carboxylic acids is 1. The fourth-order valence-corrected chi connectivity index (χ4v) is 1.73. The molecule has 106 valence electrons. The molecule has 0 aliphatic rings. The van der Waals surface area contributed by atoms with Gasteiger partial charge in [0.05, 0.1) is 11.8 Å². The Bertz CT molecular complexity index is 503. The summed E-state index contributed by atoms with van der Waals surface area (Å²) in [7, 11) is 1.49. The SMILES string of the molecule is Cc1c(C(=O)N(C)C(C)(C)C(=O)O)cnn1C(C)C. The zero-order chi connectivity index (χ0) is 15.0. The maximum absolute atomic E-state index is 12.4. The highest BCUT2D eigenvalue weighted by Crippen LogP contribution is 2.19. The lowest BCUT2D eigenvalue weighted by Gasteiger charge is -2.31. The van der Waals surface area contributed by atoms with Crippen LogP contribution in [0.5, 0.6) is 0 Å². The Labute approximate surface area is 113 Å². The second-order valence-electron chi connectivity index (χ2n) is 5.41. The van der Waals surface area contributed by atoms with Gasteiger partial charge in [-0.05, 0) is 34.6 Å². The monoisotopic (exact) mass is 267 g/mol. The van der Waals surface area contributed by atoms with Gasteiger partial charge in [-0.3, -0.25) is 9.48 Å². The van der Waals surface area contributed by atoms with Gasteiger partial charge < -0.3 is 10.0 Å². The number of carbonyl (C=O) groups is 2. The molecule has 6 nitrogen and oxygen atoms in total. The van der Waals surface area contributed by atoms with Crippen molar-refractivity contribution >= 4 is 11.9 Å². The summed E-state index contributed by atoms with van der Waals surface area (Å²) in [5, 5.41) is 13.3. The molecule has 1 amide bonds. The van der Waals surface area contributed by atoms with E-state index < -0.39 is 11.5 Å². The highest BCUT2D eigenvalue weighted by Gasteiger charge is 2.36. The molecule has 6 heteroatoms. The predicted molar refractivity (Wildman–Crippen MR) is 71.2 cm³/mol. The maximum Gasteiger partial charge on any atom is 0.329 e. The number of hydrogen-bond donors (Lipinski definition) is 1. The summed E-state index contributed by atoms with van der Waals surface area (Å²) >= 11 is 0. The molecule has 0 bridgehead atoms. The molecule has 0 saturated carbocycles. The van der Waals surface area contributed by atoms with Gasteiger partial charge in [0.25, 0.3) is 5.91 Å². The van der Waals surface area contributed by atoms with Crippen LogP contribution in [0.25, 0.3) is 0 Å². The Hall–Kier alpha value is -1.85. The van der Waals surface area contributed by atoms with Crippen molar-refractivity contribution in [2.75, 3.05) is 7.05 Å². The summed E-state index contributed by atoms with van der Waals surface area (Å²) in [4.78, 5) is 24.8. The van der Waals surface area contributed by atoms with Gasteiger partial charge in [-0.2, -0.15) is 5.10 Å². The van der Waals surface area contributed by atoms with Crippen molar-refractivity contribution in [1.29, 1.82) is 0 Å². The van der Waals surface area contributed by atoms with Crippen LogP contribution in [0.4, 0.5) is 0 Å². The second-order valence-corrected chi connectivity index (χ2v) is 5.41. The zero-order valence-electron chi connectivity index (χ0n) is 12.3. The van der Waals surface area contributed by atoms with Crippen LogP contribution in [0.2, 0.25) is 0 Å². The molecule has 1 rings (SSSR count). The van der Waals surface area contributed by atoms with Crippen LogP contribution in [-0.4, -0.2) is 44.3 Å². The van der Waals surface area contributed by atoms with Crippen LogP contribution in [0.1, 0.15) is 49.8 Å². The van der Waals surface area contributed by atoms with Gasteiger partial charge in [0, 0.05) is 18.8 Å². The van der Waals surface area contributed by atoms with Gasteiger partial charge in [-0.1, -0.05) is 0 Å². The summed E-state index contributed by atoms with van der Waals surface area (Å²) < 4.78 is 1.74. The van der Waals surface area contributed by atoms with Crippen LogP contribution in [0, 0.1) is 6.92 Å². The Morgan fingerprint density at radius 1 is 1.42 bits per heavy atom. The van der Waals surface area contributed by atoms with E-state index in [4.69, 9.17) is 5.11 Å². The quantitative estimate of drug-likeness (QED) is 0.901. The van der Waals surface area contributed by atoms with E-state index in [1.807, 2.05) is 20.8 Å². The van der Waals surface area contributed by atoms with Crippen LogP contribution in [0.3, 0.4) is 0 Å². The third-order valence-electron chi connectivity index (χ3n) is 3.43.